The van der Waals surface area contributed by atoms with Gasteiger partial charge < -0.3 is 21.1 Å². The van der Waals surface area contributed by atoms with Crippen LogP contribution in [0.4, 0.5) is 8.78 Å². The first-order chi connectivity index (χ1) is 15.0. The first kappa shape index (κ1) is 21.8. The maximum Gasteiger partial charge on any atom is 0.229 e. The van der Waals surface area contributed by atoms with Gasteiger partial charge in [-0.05, 0) is 0 Å². The number of carbonyl (C=O) groups is 1. The highest BCUT2D eigenvalue weighted by Gasteiger charge is 2.48. The van der Waals surface area contributed by atoms with Gasteiger partial charge in [0, 0.05) is 52.4 Å². The van der Waals surface area contributed by atoms with Gasteiger partial charge in [-0.1, -0.05) is 0 Å². The Hall–Kier alpha value is -0.990. The van der Waals surface area contributed by atoms with Crippen molar-refractivity contribution in [2.75, 3.05) is 65.6 Å². The van der Waals surface area contributed by atoms with Gasteiger partial charge in [0.15, 0.2) is 0 Å². The monoisotopic (exact) mass is 444 g/mol. The van der Waals surface area contributed by atoms with Crippen LogP contribution >= 0.6 is 0 Å². The molecule has 0 aromatic carbocycles. The van der Waals surface area contributed by atoms with Crippen LogP contribution in [0.25, 0.3) is 0 Å². The largest absolute Gasteiger partial charge is 0.378 e. The molecule has 0 aliphatic carbocycles. The standard InChI is InChI=1S/C19H34F2N8O2/c20-11-5-24-18-15(17(22)26-29(18)8-11)19(30)25-14-7-23-6-13(21)16(14)28-3-1-27(2-4-28)12-9-31-10-12/h11-18,23-24,26H,1-10,22H2,(H,25,30). The number of fused-ring (bicyclic) bond motifs is 1. The molecule has 0 radical (unpaired) electrons. The lowest BCUT2D eigenvalue weighted by molar-refractivity contribution is -0.129. The summed E-state index contributed by atoms with van der Waals surface area (Å²) >= 11 is 0. The van der Waals surface area contributed by atoms with E-state index in [1.807, 2.05) is 0 Å². The molecule has 0 saturated carbocycles. The number of nitrogens with one attached hydrogen (secondary N) is 4. The Bertz CT molecular complexity index is 650. The number of ether oxygens (including phenoxy) is 1. The number of hydrazine groups is 1. The molecule has 7 atom stereocenters. The molecule has 0 spiro atoms. The Balaban J connectivity index is 1.22. The number of hydrogen-bond acceptors (Lipinski definition) is 9. The maximum atomic E-state index is 15.0. The molecule has 10 nitrogen and oxygen atoms in total. The van der Waals surface area contributed by atoms with Gasteiger partial charge in [0.1, 0.15) is 12.3 Å². The normalized spacial score (nSPS) is 43.4. The van der Waals surface area contributed by atoms with Crippen LogP contribution in [0.5, 0.6) is 0 Å². The Morgan fingerprint density at radius 2 is 1.81 bits per heavy atom. The van der Waals surface area contributed by atoms with Gasteiger partial charge in [0.05, 0.1) is 49.6 Å². The number of hydrogen-bond donors (Lipinski definition) is 5. The molecule has 7 unspecified atom stereocenters. The summed E-state index contributed by atoms with van der Waals surface area (Å²) in [4.78, 5) is 17.8. The first-order valence-corrected chi connectivity index (χ1v) is 11.4. The molecule has 0 aromatic heterocycles. The van der Waals surface area contributed by atoms with E-state index in [0.29, 0.717) is 12.6 Å². The molecule has 31 heavy (non-hydrogen) atoms. The molecule has 5 aliphatic rings. The SMILES string of the molecule is NC1NN2CC(F)CNC2C1C(=O)NC1CNCC(F)C1N1CCN(C2COC2)CC1. The molecule has 5 saturated heterocycles. The second-order valence-electron chi connectivity index (χ2n) is 9.33. The van der Waals surface area contributed by atoms with Crippen LogP contribution in [-0.4, -0.2) is 129 Å². The molecule has 5 heterocycles. The highest BCUT2D eigenvalue weighted by Crippen LogP contribution is 2.24. The van der Waals surface area contributed by atoms with Crippen molar-refractivity contribution >= 4 is 5.91 Å². The van der Waals surface area contributed by atoms with Crippen molar-refractivity contribution in [1.82, 2.24) is 36.2 Å². The molecule has 0 aromatic rings. The summed E-state index contributed by atoms with van der Waals surface area (Å²) in [6.45, 7) is 6.04. The lowest BCUT2D eigenvalue weighted by Gasteiger charge is -2.48. The molecule has 5 fully saturated rings. The number of nitrogens with two attached hydrogens (primary N) is 1. The summed E-state index contributed by atoms with van der Waals surface area (Å²) in [7, 11) is 0. The van der Waals surface area contributed by atoms with Crippen molar-refractivity contribution in [2.24, 2.45) is 11.7 Å². The van der Waals surface area contributed by atoms with E-state index in [0.717, 1.165) is 39.4 Å². The summed E-state index contributed by atoms with van der Waals surface area (Å²) in [6.07, 6.45) is -3.06. The molecule has 0 bridgehead atoms. The van der Waals surface area contributed by atoms with Crippen molar-refractivity contribution in [3.8, 4) is 0 Å². The Labute approximate surface area is 181 Å². The Morgan fingerprint density at radius 3 is 2.52 bits per heavy atom. The molecular weight excluding hydrogens is 410 g/mol. The van der Waals surface area contributed by atoms with Gasteiger partial charge in [-0.2, -0.15) is 0 Å². The number of halogens is 2. The van der Waals surface area contributed by atoms with E-state index in [-0.39, 0.29) is 43.8 Å². The third-order valence-corrected chi connectivity index (χ3v) is 7.35. The topological polar surface area (TPSA) is 110 Å². The van der Waals surface area contributed by atoms with Gasteiger partial charge >= 0.3 is 0 Å². The minimum atomic E-state index is -1.07. The van der Waals surface area contributed by atoms with Gasteiger partial charge in [0.2, 0.25) is 5.91 Å². The number of rotatable bonds is 4. The molecule has 6 N–H and O–H groups in total. The summed E-state index contributed by atoms with van der Waals surface area (Å²) < 4.78 is 34.0. The number of nitrogens with zero attached hydrogens (tertiary/aromatic N) is 3. The summed E-state index contributed by atoms with van der Waals surface area (Å²) in [6, 6.07) is -0.243. The van der Waals surface area contributed by atoms with Crippen LogP contribution in [0.2, 0.25) is 0 Å². The minimum Gasteiger partial charge on any atom is -0.378 e. The van der Waals surface area contributed by atoms with Crippen molar-refractivity contribution in [3.63, 3.8) is 0 Å². The number of alkyl halides is 2. The van der Waals surface area contributed by atoms with E-state index >= 15 is 4.39 Å². The van der Waals surface area contributed by atoms with Crippen molar-refractivity contribution in [3.05, 3.63) is 0 Å². The second kappa shape index (κ2) is 9.10. The summed E-state index contributed by atoms with van der Waals surface area (Å²) in [5, 5.41) is 10.9. The van der Waals surface area contributed by atoms with E-state index in [9.17, 15) is 9.18 Å². The smallest absolute Gasteiger partial charge is 0.229 e. The third kappa shape index (κ3) is 4.32. The van der Waals surface area contributed by atoms with Crippen LogP contribution < -0.4 is 27.1 Å². The lowest BCUT2D eigenvalue weighted by Crippen LogP contribution is -2.69. The van der Waals surface area contributed by atoms with Gasteiger partial charge in [-0.15, -0.1) is 0 Å². The van der Waals surface area contributed by atoms with E-state index in [2.05, 4.69) is 31.2 Å². The van der Waals surface area contributed by atoms with Gasteiger partial charge in [-0.3, -0.25) is 19.9 Å². The fourth-order valence-electron chi connectivity index (χ4n) is 5.58. The number of piperazine rings is 1. The second-order valence-corrected chi connectivity index (χ2v) is 9.33. The van der Waals surface area contributed by atoms with Crippen LogP contribution in [0.1, 0.15) is 0 Å². The van der Waals surface area contributed by atoms with Crippen LogP contribution in [-0.2, 0) is 9.53 Å². The lowest BCUT2D eigenvalue weighted by atomic mass is 9.94. The van der Waals surface area contributed by atoms with Crippen molar-refractivity contribution in [1.29, 1.82) is 0 Å². The predicted molar refractivity (Wildman–Crippen MR) is 109 cm³/mol. The van der Waals surface area contributed by atoms with Crippen LogP contribution in [0.3, 0.4) is 0 Å². The quantitative estimate of drug-likeness (QED) is 0.306. The molecule has 12 heteroatoms. The Morgan fingerprint density at radius 1 is 1.06 bits per heavy atom. The fraction of sp³-hybridized carbons (Fsp3) is 0.947. The predicted octanol–water partition coefficient (Wildman–Crippen LogP) is -3.21. The molecule has 176 valence electrons. The number of carbonyl (C=O) groups excluding carboxylic acids is 1. The average molecular weight is 445 g/mol. The summed E-state index contributed by atoms with van der Waals surface area (Å²) in [5.41, 5.74) is 9.16. The van der Waals surface area contributed by atoms with E-state index in [4.69, 9.17) is 10.5 Å². The molecule has 5 aliphatic heterocycles. The van der Waals surface area contributed by atoms with E-state index in [1.165, 1.54) is 0 Å². The first-order valence-electron chi connectivity index (χ1n) is 11.4. The third-order valence-electron chi connectivity index (χ3n) is 7.35. The van der Waals surface area contributed by atoms with E-state index in [1.54, 1.807) is 5.01 Å². The zero-order valence-corrected chi connectivity index (χ0v) is 17.7. The van der Waals surface area contributed by atoms with Crippen molar-refractivity contribution < 1.29 is 18.3 Å². The molecular formula is C19H34F2N8O2. The maximum absolute atomic E-state index is 15.0. The zero-order chi connectivity index (χ0) is 21.5. The molecule has 5 rings (SSSR count). The van der Waals surface area contributed by atoms with E-state index < -0.39 is 24.4 Å². The Kier molecular flexibility index (Phi) is 6.41. The summed E-state index contributed by atoms with van der Waals surface area (Å²) in [5.74, 6) is -0.808. The zero-order valence-electron chi connectivity index (χ0n) is 17.7. The minimum absolute atomic E-state index is 0.186. The van der Waals surface area contributed by atoms with Crippen LogP contribution in [0, 0.1) is 5.92 Å². The number of amides is 1. The van der Waals surface area contributed by atoms with Crippen molar-refractivity contribution in [2.45, 2.75) is 42.8 Å². The molecule has 1 amide bonds. The fourth-order valence-corrected chi connectivity index (χ4v) is 5.58. The number of piperidine rings is 1. The van der Waals surface area contributed by atoms with Gasteiger partial charge in [0.25, 0.3) is 0 Å². The average Bonchev–Trinajstić information content (AvgIpc) is 3.02. The highest BCUT2D eigenvalue weighted by atomic mass is 19.1. The highest BCUT2D eigenvalue weighted by molar-refractivity contribution is 5.81. The van der Waals surface area contributed by atoms with Crippen LogP contribution in [0.15, 0.2) is 0 Å². The van der Waals surface area contributed by atoms with Gasteiger partial charge in [-0.25, -0.2) is 19.2 Å².